The highest BCUT2D eigenvalue weighted by molar-refractivity contribution is 9.10. The molecule has 100 valence electrons. The average molecular weight is 343 g/mol. The Labute approximate surface area is 125 Å². The van der Waals surface area contributed by atoms with Crippen LogP contribution in [0.4, 0.5) is 10.1 Å². The molecule has 1 atom stereocenters. The second-order valence-corrected chi connectivity index (χ2v) is 5.78. The fourth-order valence-corrected chi connectivity index (χ4v) is 2.78. The Kier molecular flexibility index (Phi) is 4.48. The first-order valence-corrected chi connectivity index (χ1v) is 7.12. The molecule has 0 heterocycles. The number of nitrogens with one attached hydrogen (secondary N) is 1. The van der Waals surface area contributed by atoms with Gasteiger partial charge in [0.2, 0.25) is 0 Å². The van der Waals surface area contributed by atoms with Crippen LogP contribution in [0.3, 0.4) is 0 Å². The first-order valence-electron chi connectivity index (χ1n) is 5.95. The Hall–Kier alpha value is -1.06. The first kappa shape index (κ1) is 14.4. The number of hydrogen-bond acceptors (Lipinski definition) is 1. The minimum Gasteiger partial charge on any atom is -0.377 e. The van der Waals surface area contributed by atoms with E-state index < -0.39 is 0 Å². The second kappa shape index (κ2) is 5.93. The Morgan fingerprint density at radius 2 is 1.95 bits per heavy atom. The molecule has 1 N–H and O–H groups in total. The van der Waals surface area contributed by atoms with Crippen molar-refractivity contribution in [3.8, 4) is 0 Å². The van der Waals surface area contributed by atoms with E-state index in [1.165, 1.54) is 12.1 Å². The lowest BCUT2D eigenvalue weighted by Gasteiger charge is -2.18. The number of halogens is 3. The summed E-state index contributed by atoms with van der Waals surface area (Å²) >= 11 is 9.54. The highest BCUT2D eigenvalue weighted by Crippen LogP contribution is 2.30. The van der Waals surface area contributed by atoms with Crippen LogP contribution in [0.15, 0.2) is 40.9 Å². The van der Waals surface area contributed by atoms with Crippen molar-refractivity contribution in [2.75, 3.05) is 5.32 Å². The van der Waals surface area contributed by atoms with E-state index in [4.69, 9.17) is 11.6 Å². The van der Waals surface area contributed by atoms with Gasteiger partial charge in [0, 0.05) is 10.5 Å². The van der Waals surface area contributed by atoms with Crippen molar-refractivity contribution >= 4 is 33.2 Å². The van der Waals surface area contributed by atoms with E-state index in [0.29, 0.717) is 5.02 Å². The summed E-state index contributed by atoms with van der Waals surface area (Å²) in [6.07, 6.45) is 0. The summed E-state index contributed by atoms with van der Waals surface area (Å²) < 4.78 is 13.8. The van der Waals surface area contributed by atoms with Gasteiger partial charge in [0.05, 0.1) is 10.7 Å². The zero-order valence-electron chi connectivity index (χ0n) is 10.7. The molecule has 4 heteroatoms. The number of hydrogen-bond donors (Lipinski definition) is 1. The van der Waals surface area contributed by atoms with E-state index >= 15 is 0 Å². The van der Waals surface area contributed by atoms with Crippen LogP contribution in [0.2, 0.25) is 5.02 Å². The summed E-state index contributed by atoms with van der Waals surface area (Å²) in [5, 5.41) is 4.02. The molecule has 0 spiro atoms. The van der Waals surface area contributed by atoms with Gasteiger partial charge in [0.25, 0.3) is 0 Å². The summed E-state index contributed by atoms with van der Waals surface area (Å²) in [6.45, 7) is 4.02. The molecule has 0 saturated carbocycles. The predicted molar refractivity (Wildman–Crippen MR) is 82.3 cm³/mol. The van der Waals surface area contributed by atoms with E-state index in [1.807, 2.05) is 32.0 Å². The molecule has 0 aliphatic heterocycles. The molecule has 0 radical (unpaired) electrons. The zero-order valence-corrected chi connectivity index (χ0v) is 13.0. The SMILES string of the molecule is Cc1ccc(Cl)c(NC(C)c2ccc(F)cc2Br)c1. The summed E-state index contributed by atoms with van der Waals surface area (Å²) in [5.41, 5.74) is 3.00. The molecule has 0 bridgehead atoms. The molecule has 2 rings (SSSR count). The highest BCUT2D eigenvalue weighted by atomic mass is 79.9. The van der Waals surface area contributed by atoms with Gasteiger partial charge in [-0.05, 0) is 49.2 Å². The van der Waals surface area contributed by atoms with Crippen molar-refractivity contribution < 1.29 is 4.39 Å². The Bertz CT molecular complexity index is 601. The molecule has 0 saturated heterocycles. The molecule has 0 fully saturated rings. The topological polar surface area (TPSA) is 12.0 Å². The molecule has 2 aromatic carbocycles. The molecular weight excluding hydrogens is 329 g/mol. The lowest BCUT2D eigenvalue weighted by atomic mass is 10.1. The Morgan fingerprint density at radius 1 is 1.21 bits per heavy atom. The van der Waals surface area contributed by atoms with Gasteiger partial charge < -0.3 is 5.32 Å². The maximum Gasteiger partial charge on any atom is 0.124 e. The van der Waals surface area contributed by atoms with Crippen LogP contribution in [0, 0.1) is 12.7 Å². The van der Waals surface area contributed by atoms with E-state index in [-0.39, 0.29) is 11.9 Å². The fourth-order valence-electron chi connectivity index (χ4n) is 1.91. The van der Waals surface area contributed by atoms with E-state index in [2.05, 4.69) is 21.2 Å². The van der Waals surface area contributed by atoms with Gasteiger partial charge in [-0.3, -0.25) is 0 Å². The fraction of sp³-hybridized carbons (Fsp3) is 0.200. The maximum absolute atomic E-state index is 13.1. The van der Waals surface area contributed by atoms with E-state index in [9.17, 15) is 4.39 Å². The van der Waals surface area contributed by atoms with Gasteiger partial charge in [-0.15, -0.1) is 0 Å². The maximum atomic E-state index is 13.1. The van der Waals surface area contributed by atoms with Crippen LogP contribution in [0.1, 0.15) is 24.1 Å². The lowest BCUT2D eigenvalue weighted by Crippen LogP contribution is -2.08. The smallest absolute Gasteiger partial charge is 0.124 e. The van der Waals surface area contributed by atoms with Gasteiger partial charge in [-0.2, -0.15) is 0 Å². The lowest BCUT2D eigenvalue weighted by molar-refractivity contribution is 0.625. The normalized spacial score (nSPS) is 12.3. The monoisotopic (exact) mass is 341 g/mol. The van der Waals surface area contributed by atoms with Crippen LogP contribution in [0.5, 0.6) is 0 Å². The molecule has 1 nitrogen and oxygen atoms in total. The third kappa shape index (κ3) is 3.48. The van der Waals surface area contributed by atoms with Gasteiger partial charge in [-0.1, -0.05) is 39.7 Å². The highest BCUT2D eigenvalue weighted by Gasteiger charge is 2.11. The zero-order chi connectivity index (χ0) is 14.0. The second-order valence-electron chi connectivity index (χ2n) is 4.52. The van der Waals surface area contributed by atoms with Crippen molar-refractivity contribution in [3.63, 3.8) is 0 Å². The summed E-state index contributed by atoms with van der Waals surface area (Å²) in [6, 6.07) is 10.5. The molecular formula is C15H14BrClFN. The van der Waals surface area contributed by atoms with Crippen LogP contribution in [0.25, 0.3) is 0 Å². The first-order chi connectivity index (χ1) is 8.97. The van der Waals surface area contributed by atoms with Crippen molar-refractivity contribution in [1.29, 1.82) is 0 Å². The van der Waals surface area contributed by atoms with Crippen LogP contribution >= 0.6 is 27.5 Å². The van der Waals surface area contributed by atoms with Crippen LogP contribution < -0.4 is 5.32 Å². The molecule has 1 unspecified atom stereocenters. The Balaban J connectivity index is 2.25. The largest absolute Gasteiger partial charge is 0.377 e. The number of benzene rings is 2. The van der Waals surface area contributed by atoms with Crippen molar-refractivity contribution in [1.82, 2.24) is 0 Å². The van der Waals surface area contributed by atoms with Gasteiger partial charge in [0.15, 0.2) is 0 Å². The Morgan fingerprint density at radius 3 is 2.63 bits per heavy atom. The minimum atomic E-state index is -0.253. The summed E-state index contributed by atoms with van der Waals surface area (Å²) in [4.78, 5) is 0. The molecule has 0 amide bonds. The van der Waals surface area contributed by atoms with Gasteiger partial charge >= 0.3 is 0 Å². The number of aryl methyl sites for hydroxylation is 1. The molecule has 19 heavy (non-hydrogen) atoms. The summed E-state index contributed by atoms with van der Waals surface area (Å²) in [5.74, 6) is -0.253. The molecule has 0 aliphatic carbocycles. The van der Waals surface area contributed by atoms with Crippen LogP contribution in [-0.4, -0.2) is 0 Å². The third-order valence-corrected chi connectivity index (χ3v) is 3.94. The molecule has 0 aliphatic rings. The number of rotatable bonds is 3. The minimum absolute atomic E-state index is 0.0225. The molecule has 0 aromatic heterocycles. The van der Waals surface area contributed by atoms with Gasteiger partial charge in [0.1, 0.15) is 5.82 Å². The number of anilines is 1. The quantitative estimate of drug-likeness (QED) is 0.752. The predicted octanol–water partition coefficient (Wildman–Crippen LogP) is 5.72. The van der Waals surface area contributed by atoms with E-state index in [0.717, 1.165) is 21.3 Å². The van der Waals surface area contributed by atoms with E-state index in [1.54, 1.807) is 6.07 Å². The molecule has 2 aromatic rings. The van der Waals surface area contributed by atoms with Crippen molar-refractivity contribution in [2.24, 2.45) is 0 Å². The van der Waals surface area contributed by atoms with Crippen molar-refractivity contribution in [2.45, 2.75) is 19.9 Å². The van der Waals surface area contributed by atoms with Crippen molar-refractivity contribution in [3.05, 3.63) is 62.8 Å². The van der Waals surface area contributed by atoms with Crippen LogP contribution in [-0.2, 0) is 0 Å². The summed E-state index contributed by atoms with van der Waals surface area (Å²) in [7, 11) is 0. The van der Waals surface area contributed by atoms with Gasteiger partial charge in [-0.25, -0.2) is 4.39 Å². The standard InChI is InChI=1S/C15H14BrClFN/c1-9-3-6-14(17)15(7-9)19-10(2)12-5-4-11(18)8-13(12)16/h3-8,10,19H,1-2H3. The average Bonchev–Trinajstić information content (AvgIpc) is 2.33. The third-order valence-electron chi connectivity index (χ3n) is 2.92.